The van der Waals surface area contributed by atoms with Crippen LogP contribution in [0.2, 0.25) is 0 Å². The second-order valence-electron chi connectivity index (χ2n) is 7.05. The molecule has 0 radical (unpaired) electrons. The molecule has 0 spiro atoms. The van der Waals surface area contributed by atoms with Gasteiger partial charge in [0, 0.05) is 18.3 Å². The number of carbonyl (C=O) groups excluding carboxylic acids is 1. The van der Waals surface area contributed by atoms with Gasteiger partial charge in [0.05, 0.1) is 25.9 Å². The van der Waals surface area contributed by atoms with Crippen LogP contribution in [-0.2, 0) is 20.9 Å². The van der Waals surface area contributed by atoms with E-state index in [2.05, 4.69) is 10.6 Å². The third kappa shape index (κ3) is 5.27. The summed E-state index contributed by atoms with van der Waals surface area (Å²) in [6.45, 7) is 4.41. The Labute approximate surface area is 150 Å². The van der Waals surface area contributed by atoms with Crippen molar-refractivity contribution in [2.45, 2.75) is 57.7 Å². The van der Waals surface area contributed by atoms with Gasteiger partial charge in [0.15, 0.2) is 0 Å². The molecule has 1 saturated heterocycles. The maximum absolute atomic E-state index is 12.6. The van der Waals surface area contributed by atoms with E-state index in [1.807, 2.05) is 31.2 Å². The Balaban J connectivity index is 1.47. The minimum absolute atomic E-state index is 0.0563. The number of anilines is 1. The molecule has 0 aromatic heterocycles. The highest BCUT2D eigenvalue weighted by molar-refractivity contribution is 5.95. The molecule has 2 fully saturated rings. The van der Waals surface area contributed by atoms with Crippen LogP contribution in [0.15, 0.2) is 24.3 Å². The molecule has 1 aliphatic heterocycles. The molecule has 1 aliphatic carbocycles. The van der Waals surface area contributed by atoms with Crippen LogP contribution < -0.4 is 10.6 Å². The van der Waals surface area contributed by atoms with E-state index in [1.165, 1.54) is 25.7 Å². The van der Waals surface area contributed by atoms with Gasteiger partial charge in [-0.05, 0) is 49.8 Å². The van der Waals surface area contributed by atoms with Crippen molar-refractivity contribution in [2.24, 2.45) is 5.92 Å². The monoisotopic (exact) mass is 346 g/mol. The number of amides is 1. The summed E-state index contributed by atoms with van der Waals surface area (Å²) in [6, 6.07) is 8.37. The summed E-state index contributed by atoms with van der Waals surface area (Å²) in [6.07, 6.45) is 6.03. The summed E-state index contributed by atoms with van der Waals surface area (Å²) < 4.78 is 10.9. The molecule has 1 aromatic carbocycles. The SMILES string of the molecule is CCOCCOCc1cccc(NC(=O)C2CC3CCCCC3N2)c1. The molecular formula is C20H30N2O3. The van der Waals surface area contributed by atoms with Crippen molar-refractivity contribution in [3.05, 3.63) is 29.8 Å². The third-order valence-electron chi connectivity index (χ3n) is 5.22. The zero-order valence-electron chi connectivity index (χ0n) is 15.1. The molecule has 1 amide bonds. The lowest BCUT2D eigenvalue weighted by molar-refractivity contribution is -0.117. The van der Waals surface area contributed by atoms with E-state index in [9.17, 15) is 4.79 Å². The van der Waals surface area contributed by atoms with Crippen molar-refractivity contribution in [3.63, 3.8) is 0 Å². The fraction of sp³-hybridized carbons (Fsp3) is 0.650. The smallest absolute Gasteiger partial charge is 0.241 e. The summed E-state index contributed by atoms with van der Waals surface area (Å²) in [5.74, 6) is 0.762. The van der Waals surface area contributed by atoms with Crippen LogP contribution in [0.5, 0.6) is 0 Å². The first-order valence-corrected chi connectivity index (χ1v) is 9.57. The van der Waals surface area contributed by atoms with Crippen LogP contribution in [-0.4, -0.2) is 37.8 Å². The molecular weight excluding hydrogens is 316 g/mol. The van der Waals surface area contributed by atoms with Crippen molar-refractivity contribution in [3.8, 4) is 0 Å². The Hall–Kier alpha value is -1.43. The standard InChI is InChI=1S/C20H30N2O3/c1-2-24-10-11-25-14-15-6-5-8-17(12-15)21-20(23)19-13-16-7-3-4-9-18(16)22-19/h5-6,8,12,16,18-19,22H,2-4,7,9-11,13-14H2,1H3,(H,21,23). The van der Waals surface area contributed by atoms with E-state index < -0.39 is 0 Å². The van der Waals surface area contributed by atoms with Crippen LogP contribution in [0.1, 0.15) is 44.6 Å². The average molecular weight is 346 g/mol. The van der Waals surface area contributed by atoms with E-state index >= 15 is 0 Å². The van der Waals surface area contributed by atoms with Gasteiger partial charge >= 0.3 is 0 Å². The lowest BCUT2D eigenvalue weighted by atomic mass is 9.85. The molecule has 5 heteroatoms. The minimum atomic E-state index is -0.0563. The number of fused-ring (bicyclic) bond motifs is 1. The number of nitrogens with one attached hydrogen (secondary N) is 2. The van der Waals surface area contributed by atoms with E-state index in [4.69, 9.17) is 9.47 Å². The number of carbonyl (C=O) groups is 1. The van der Waals surface area contributed by atoms with Crippen LogP contribution in [0, 0.1) is 5.92 Å². The second kappa shape index (κ2) is 9.32. The number of benzene rings is 1. The van der Waals surface area contributed by atoms with Crippen LogP contribution in [0.25, 0.3) is 0 Å². The zero-order valence-corrected chi connectivity index (χ0v) is 15.1. The maximum Gasteiger partial charge on any atom is 0.241 e. The lowest BCUT2D eigenvalue weighted by Gasteiger charge is -2.24. The Bertz CT molecular complexity index is 550. The molecule has 1 saturated carbocycles. The third-order valence-corrected chi connectivity index (χ3v) is 5.22. The molecule has 2 aliphatic rings. The topological polar surface area (TPSA) is 59.6 Å². The number of hydrogen-bond donors (Lipinski definition) is 2. The van der Waals surface area contributed by atoms with Gasteiger partial charge in [0.25, 0.3) is 0 Å². The van der Waals surface area contributed by atoms with Crippen molar-refractivity contribution in [1.82, 2.24) is 5.32 Å². The van der Waals surface area contributed by atoms with E-state index in [1.54, 1.807) is 0 Å². The summed E-state index contributed by atoms with van der Waals surface area (Å²) in [5.41, 5.74) is 1.90. The highest BCUT2D eigenvalue weighted by atomic mass is 16.5. The largest absolute Gasteiger partial charge is 0.379 e. The maximum atomic E-state index is 12.6. The van der Waals surface area contributed by atoms with Crippen LogP contribution in [0.4, 0.5) is 5.69 Å². The van der Waals surface area contributed by atoms with Gasteiger partial charge in [-0.25, -0.2) is 0 Å². The number of ether oxygens (including phenoxy) is 2. The highest BCUT2D eigenvalue weighted by Gasteiger charge is 2.38. The molecule has 0 bridgehead atoms. The molecule has 25 heavy (non-hydrogen) atoms. The molecule has 5 nitrogen and oxygen atoms in total. The minimum Gasteiger partial charge on any atom is -0.379 e. The predicted octanol–water partition coefficient (Wildman–Crippen LogP) is 3.10. The number of rotatable bonds is 8. The molecule has 1 heterocycles. The van der Waals surface area contributed by atoms with Gasteiger partial charge in [0.2, 0.25) is 5.91 Å². The summed E-state index contributed by atoms with van der Waals surface area (Å²) in [5, 5.41) is 6.59. The Kier molecular flexibility index (Phi) is 6.84. The van der Waals surface area contributed by atoms with Crippen molar-refractivity contribution < 1.29 is 14.3 Å². The Morgan fingerprint density at radius 3 is 2.92 bits per heavy atom. The number of hydrogen-bond acceptors (Lipinski definition) is 4. The normalized spacial score (nSPS) is 25.6. The molecule has 3 atom stereocenters. The van der Waals surface area contributed by atoms with Gasteiger partial charge in [-0.2, -0.15) is 0 Å². The highest BCUT2D eigenvalue weighted by Crippen LogP contribution is 2.33. The quantitative estimate of drug-likeness (QED) is 0.710. The zero-order chi connectivity index (χ0) is 17.5. The molecule has 2 N–H and O–H groups in total. The van der Waals surface area contributed by atoms with Crippen LogP contribution >= 0.6 is 0 Å². The average Bonchev–Trinajstić information content (AvgIpc) is 3.06. The van der Waals surface area contributed by atoms with Gasteiger partial charge in [-0.3, -0.25) is 4.79 Å². The first-order chi connectivity index (χ1) is 12.3. The summed E-state index contributed by atoms with van der Waals surface area (Å²) in [4.78, 5) is 12.6. The van der Waals surface area contributed by atoms with Gasteiger partial charge in [0.1, 0.15) is 0 Å². The van der Waals surface area contributed by atoms with Gasteiger partial charge in [-0.1, -0.05) is 25.0 Å². The van der Waals surface area contributed by atoms with Gasteiger partial charge < -0.3 is 20.1 Å². The Morgan fingerprint density at radius 2 is 2.08 bits per heavy atom. The van der Waals surface area contributed by atoms with Crippen LogP contribution in [0.3, 0.4) is 0 Å². The molecule has 138 valence electrons. The predicted molar refractivity (Wildman–Crippen MR) is 98.5 cm³/mol. The molecule has 1 aromatic rings. The van der Waals surface area contributed by atoms with Gasteiger partial charge in [-0.15, -0.1) is 0 Å². The molecule has 3 rings (SSSR count). The first kappa shape index (κ1) is 18.4. The summed E-state index contributed by atoms with van der Waals surface area (Å²) >= 11 is 0. The van der Waals surface area contributed by atoms with E-state index in [0.29, 0.717) is 38.4 Å². The van der Waals surface area contributed by atoms with Crippen molar-refractivity contribution >= 4 is 11.6 Å². The molecule has 3 unspecified atom stereocenters. The fourth-order valence-electron chi connectivity index (χ4n) is 3.94. The lowest BCUT2D eigenvalue weighted by Crippen LogP contribution is -2.39. The fourth-order valence-corrected chi connectivity index (χ4v) is 3.94. The van der Waals surface area contributed by atoms with Crippen molar-refractivity contribution in [2.75, 3.05) is 25.1 Å². The van der Waals surface area contributed by atoms with E-state index in [-0.39, 0.29) is 11.9 Å². The summed E-state index contributed by atoms with van der Waals surface area (Å²) in [7, 11) is 0. The first-order valence-electron chi connectivity index (χ1n) is 9.57. The Morgan fingerprint density at radius 1 is 1.24 bits per heavy atom. The van der Waals surface area contributed by atoms with Crippen molar-refractivity contribution in [1.29, 1.82) is 0 Å². The van der Waals surface area contributed by atoms with E-state index in [0.717, 1.165) is 17.7 Å². The second-order valence-corrected chi connectivity index (χ2v) is 7.05.